The van der Waals surface area contributed by atoms with Crippen LogP contribution in [0.5, 0.6) is 0 Å². The van der Waals surface area contributed by atoms with Gasteiger partial charge in [-0.1, -0.05) is 95.5 Å². The van der Waals surface area contributed by atoms with Gasteiger partial charge < -0.3 is 20.8 Å². The lowest BCUT2D eigenvalue weighted by molar-refractivity contribution is -0.137. The molecule has 2 saturated carbocycles. The van der Waals surface area contributed by atoms with Gasteiger partial charge in [0.2, 0.25) is 0 Å². The van der Waals surface area contributed by atoms with Gasteiger partial charge in [0.05, 0.1) is 24.2 Å². The molecule has 67 heavy (non-hydrogen) atoms. The van der Waals surface area contributed by atoms with E-state index in [1.165, 1.54) is 45.9 Å². The molecule has 344 valence electrons. The molecule has 2 aliphatic rings. The van der Waals surface area contributed by atoms with E-state index in [2.05, 4.69) is 81.3 Å². The normalized spacial score (nSPS) is 15.2. The summed E-state index contributed by atoms with van der Waals surface area (Å²) >= 11 is 2.81. The number of nitrogens with one attached hydrogen (secondary N) is 2. The molecule has 0 radical (unpaired) electrons. The van der Waals surface area contributed by atoms with Crippen molar-refractivity contribution < 1.29 is 28.6 Å². The van der Waals surface area contributed by atoms with Crippen LogP contribution in [0.3, 0.4) is 0 Å². The molecule has 2 aliphatic carbocycles. The molecule has 15 heteroatoms. The summed E-state index contributed by atoms with van der Waals surface area (Å²) in [6.07, 6.45) is 4.37. The Morgan fingerprint density at radius 1 is 0.582 bits per heavy atom. The molecule has 0 bridgehead atoms. The number of benzene rings is 4. The maximum atomic E-state index is 15.0. The van der Waals surface area contributed by atoms with Gasteiger partial charge in [-0.2, -0.15) is 0 Å². The quantitative estimate of drug-likeness (QED) is 0.0737. The van der Waals surface area contributed by atoms with E-state index in [4.69, 9.17) is 20.2 Å². The average molecular weight is 960 g/mol. The average Bonchev–Trinajstić information content (AvgIpc) is 4.23. The lowest BCUT2D eigenvalue weighted by Crippen LogP contribution is -2.22. The molecule has 0 spiro atoms. The van der Waals surface area contributed by atoms with Crippen LogP contribution in [0.2, 0.25) is 0 Å². The summed E-state index contributed by atoms with van der Waals surface area (Å²) in [7, 11) is 0. The van der Waals surface area contributed by atoms with Crippen LogP contribution in [0.25, 0.3) is 41.8 Å². The Hall–Kier alpha value is -6.03. The second-order valence-electron chi connectivity index (χ2n) is 17.1. The minimum Gasteiger partial charge on any atom is -0.481 e. The van der Waals surface area contributed by atoms with Crippen molar-refractivity contribution in [1.82, 2.24) is 30.6 Å². The zero-order valence-electron chi connectivity index (χ0n) is 36.8. The summed E-state index contributed by atoms with van der Waals surface area (Å²) in [5, 5.41) is 25.0. The summed E-state index contributed by atoms with van der Waals surface area (Å²) in [6.45, 7) is 4.44. The van der Waals surface area contributed by atoms with Gasteiger partial charge in [0, 0.05) is 47.1 Å². The summed E-state index contributed by atoms with van der Waals surface area (Å²) in [4.78, 5) is 42.1. The van der Waals surface area contributed by atoms with Gasteiger partial charge in [-0.25, -0.2) is 28.7 Å². The SMILES string of the molecule is C[C@@H](NCCC(=O)O)c1ccc(-c2nc3ccc(C4(c5ccccc5)CC4)nc3s2)c(F)c1.C[C@H](NCCC(=O)O)c1ccc(-c2nc3ccc(C4(c5ccccc5)CC4)nc3s2)c(F)c1.Cl. The number of hydrogen-bond acceptors (Lipinski definition) is 10. The largest absolute Gasteiger partial charge is 0.481 e. The van der Waals surface area contributed by atoms with Gasteiger partial charge >= 0.3 is 11.9 Å². The van der Waals surface area contributed by atoms with E-state index in [1.807, 2.05) is 50.2 Å². The number of nitrogens with zero attached hydrogens (tertiary/aromatic N) is 4. The number of carboxylic acids is 2. The number of halogens is 3. The third kappa shape index (κ3) is 10.3. The second kappa shape index (κ2) is 20.1. The number of hydrogen-bond donors (Lipinski definition) is 4. The van der Waals surface area contributed by atoms with E-state index < -0.39 is 11.9 Å². The van der Waals surface area contributed by atoms with Crippen molar-refractivity contribution in [3.8, 4) is 21.1 Å². The highest BCUT2D eigenvalue weighted by Crippen LogP contribution is 2.54. The Balaban J connectivity index is 0.000000179. The second-order valence-corrected chi connectivity index (χ2v) is 19.0. The van der Waals surface area contributed by atoms with Crippen LogP contribution >= 0.6 is 35.1 Å². The smallest absolute Gasteiger partial charge is 0.304 e. The van der Waals surface area contributed by atoms with Crippen molar-refractivity contribution in [1.29, 1.82) is 0 Å². The van der Waals surface area contributed by atoms with Crippen LogP contribution < -0.4 is 10.6 Å². The molecule has 4 heterocycles. The molecule has 10 nitrogen and oxygen atoms in total. The highest BCUT2D eigenvalue weighted by Gasteiger charge is 2.48. The zero-order chi connectivity index (χ0) is 46.0. The van der Waals surface area contributed by atoms with Crippen LogP contribution in [0, 0.1) is 11.6 Å². The van der Waals surface area contributed by atoms with Crippen LogP contribution in [-0.4, -0.2) is 55.2 Å². The van der Waals surface area contributed by atoms with Gasteiger partial charge in [0.15, 0.2) is 0 Å². The lowest BCUT2D eigenvalue weighted by Gasteiger charge is -2.14. The molecule has 4 N–H and O–H groups in total. The van der Waals surface area contributed by atoms with Gasteiger partial charge in [0.1, 0.15) is 42.3 Å². The van der Waals surface area contributed by atoms with E-state index >= 15 is 0 Å². The predicted molar refractivity (Wildman–Crippen MR) is 263 cm³/mol. The van der Waals surface area contributed by atoms with Crippen molar-refractivity contribution >= 4 is 67.7 Å². The van der Waals surface area contributed by atoms with Crippen LogP contribution in [0.15, 0.2) is 121 Å². The first-order valence-corrected chi connectivity index (χ1v) is 23.7. The zero-order valence-corrected chi connectivity index (χ0v) is 39.3. The molecule has 4 aromatic heterocycles. The highest BCUT2D eigenvalue weighted by molar-refractivity contribution is 7.21. The molecule has 2 fully saturated rings. The number of carbonyl (C=O) groups is 2. The standard InChI is InChI=1S/2C26H24FN3O2S.ClH/c2*1-16(28-14-11-23(31)32)17-7-8-19(20(27)15-17)24-29-21-9-10-22(30-25(21)33-24)26(12-13-26)18-5-3-2-4-6-18;/h2*2-10,15-16,28H,11-14H2,1H3,(H,31,32);1H/t2*16-;/m10./s1. The number of thiazole rings is 2. The maximum Gasteiger partial charge on any atom is 0.304 e. The van der Waals surface area contributed by atoms with Crippen LogP contribution in [0.1, 0.15) is 98.1 Å². The number of pyridine rings is 2. The molecular weight excluding hydrogens is 910 g/mol. The third-order valence-corrected chi connectivity index (χ3v) is 14.7. The van der Waals surface area contributed by atoms with Crippen LogP contribution in [0.4, 0.5) is 8.78 Å². The van der Waals surface area contributed by atoms with Crippen molar-refractivity contribution in [3.63, 3.8) is 0 Å². The Morgan fingerprint density at radius 3 is 1.31 bits per heavy atom. The molecule has 0 amide bonds. The van der Waals surface area contributed by atoms with E-state index in [9.17, 15) is 18.4 Å². The summed E-state index contributed by atoms with van der Waals surface area (Å²) in [5.74, 6) is -2.41. The molecule has 8 aromatic rings. The predicted octanol–water partition coefficient (Wildman–Crippen LogP) is 11.8. The molecule has 0 saturated heterocycles. The molecule has 2 atom stereocenters. The first-order chi connectivity index (χ1) is 31.9. The number of aliphatic carboxylic acids is 2. The van der Waals surface area contributed by atoms with E-state index in [-0.39, 0.29) is 59.8 Å². The van der Waals surface area contributed by atoms with E-state index in [1.54, 1.807) is 12.1 Å². The fraction of sp³-hybridized carbons (Fsp3) is 0.269. The van der Waals surface area contributed by atoms with Crippen LogP contribution in [-0.2, 0) is 20.4 Å². The lowest BCUT2D eigenvalue weighted by atomic mass is 9.92. The molecule has 0 aliphatic heterocycles. The summed E-state index contributed by atoms with van der Waals surface area (Å²) < 4.78 is 30.0. The van der Waals surface area contributed by atoms with Crippen molar-refractivity contribution in [2.75, 3.05) is 13.1 Å². The Morgan fingerprint density at radius 2 is 0.970 bits per heavy atom. The number of aromatic nitrogens is 4. The van der Waals surface area contributed by atoms with Gasteiger partial charge in [-0.15, -0.1) is 12.4 Å². The van der Waals surface area contributed by atoms with Crippen molar-refractivity contribution in [3.05, 3.63) is 167 Å². The topological polar surface area (TPSA) is 150 Å². The maximum absolute atomic E-state index is 15.0. The first-order valence-electron chi connectivity index (χ1n) is 22.1. The van der Waals surface area contributed by atoms with Crippen molar-refractivity contribution in [2.45, 2.75) is 75.3 Å². The Bertz CT molecular complexity index is 2850. The number of rotatable bonds is 16. The number of fused-ring (bicyclic) bond motifs is 2. The molecular formula is C52H49ClF2N6O4S2. The minimum atomic E-state index is -0.861. The minimum absolute atomic E-state index is 0. The molecule has 10 rings (SSSR count). The van der Waals surface area contributed by atoms with Gasteiger partial charge in [-0.05, 0) is 110 Å². The molecule has 4 aromatic carbocycles. The van der Waals surface area contributed by atoms with E-state index in [0.29, 0.717) is 34.2 Å². The summed E-state index contributed by atoms with van der Waals surface area (Å²) in [5.41, 5.74) is 8.61. The van der Waals surface area contributed by atoms with Crippen molar-refractivity contribution in [2.24, 2.45) is 0 Å². The fourth-order valence-electron chi connectivity index (χ4n) is 8.52. The molecule has 0 unspecified atom stereocenters. The first kappa shape index (κ1) is 47.5. The number of carboxylic acid groups (broad SMARTS) is 2. The fourth-order valence-corrected chi connectivity index (χ4v) is 10.5. The Labute approximate surface area is 401 Å². The van der Waals surface area contributed by atoms with Gasteiger partial charge in [0.25, 0.3) is 0 Å². The highest BCUT2D eigenvalue weighted by atomic mass is 35.5. The monoisotopic (exact) mass is 958 g/mol. The summed E-state index contributed by atoms with van der Waals surface area (Å²) in [6, 6.07) is 38.9. The third-order valence-electron chi connectivity index (χ3n) is 12.7. The Kier molecular flexibility index (Phi) is 14.2. The van der Waals surface area contributed by atoms with Gasteiger partial charge in [-0.3, -0.25) is 9.59 Å². The van der Waals surface area contributed by atoms with E-state index in [0.717, 1.165) is 68.9 Å².